The molecule has 3 aliphatic rings. The van der Waals surface area contributed by atoms with E-state index in [2.05, 4.69) is 4.90 Å². The van der Waals surface area contributed by atoms with Crippen molar-refractivity contribution >= 4 is 17.6 Å². The molecule has 1 N–H and O–H groups in total. The second-order valence-corrected chi connectivity index (χ2v) is 11.6. The number of aliphatic hydroxyl groups is 1. The van der Waals surface area contributed by atoms with Crippen LogP contribution in [0.3, 0.4) is 0 Å². The Kier molecular flexibility index (Phi) is 8.91. The highest BCUT2D eigenvalue weighted by Crippen LogP contribution is 2.20. The van der Waals surface area contributed by atoms with E-state index in [0.29, 0.717) is 32.5 Å². The zero-order chi connectivity index (χ0) is 18.2. The van der Waals surface area contributed by atoms with Gasteiger partial charge in [-0.25, -0.2) is 0 Å². The first-order valence-corrected chi connectivity index (χ1v) is 12.5. The number of rotatable bonds is 10. The Labute approximate surface area is 151 Å². The number of nitrogens with zero attached hydrogens (tertiary/aromatic N) is 1. The second-order valence-electron chi connectivity index (χ2n) is 6.05. The number of hydrogen-bond donors (Lipinski definition) is 1. The van der Waals surface area contributed by atoms with Crippen molar-refractivity contribution < 1.29 is 36.4 Å². The maximum Gasteiger partial charge on any atom is 0.528 e. The van der Waals surface area contributed by atoms with E-state index in [9.17, 15) is 5.11 Å². The largest absolute Gasteiger partial charge is 0.528 e. The van der Waals surface area contributed by atoms with Crippen molar-refractivity contribution in [3.63, 3.8) is 0 Å². The molecule has 0 radical (unpaired) electrons. The first-order valence-electron chi connectivity index (χ1n) is 8.63. The molecule has 1 atom stereocenters. The van der Waals surface area contributed by atoms with E-state index in [1.54, 1.807) is 21.3 Å². The highest BCUT2D eigenvalue weighted by atomic mass is 28.4. The van der Waals surface area contributed by atoms with Gasteiger partial charge in [-0.1, -0.05) is 0 Å². The molecule has 3 heterocycles. The molecule has 0 aliphatic carbocycles. The molecular formula is C14H31NO8Si2. The molecule has 0 aromatic carbocycles. The monoisotopic (exact) mass is 397 g/mol. The van der Waals surface area contributed by atoms with E-state index >= 15 is 0 Å². The average molecular weight is 398 g/mol. The van der Waals surface area contributed by atoms with Crippen LogP contribution >= 0.6 is 0 Å². The Balaban J connectivity index is 1.77. The summed E-state index contributed by atoms with van der Waals surface area (Å²) in [5.41, 5.74) is 0. The maximum absolute atomic E-state index is 9.70. The number of ether oxygens (including phenoxy) is 1. The summed E-state index contributed by atoms with van der Waals surface area (Å²) in [5, 5.41) is 9.70. The number of fused-ring (bicyclic) bond motifs is 6. The van der Waals surface area contributed by atoms with Gasteiger partial charge in [0, 0.05) is 53.6 Å². The molecule has 25 heavy (non-hydrogen) atoms. The fraction of sp³-hybridized carbons (Fsp3) is 1.00. The van der Waals surface area contributed by atoms with E-state index in [1.807, 2.05) is 0 Å². The Morgan fingerprint density at radius 3 is 2.32 bits per heavy atom. The third-order valence-corrected chi connectivity index (χ3v) is 9.67. The minimum atomic E-state index is -2.98. The van der Waals surface area contributed by atoms with Gasteiger partial charge < -0.3 is 36.4 Å². The van der Waals surface area contributed by atoms with Crippen LogP contribution in [0.4, 0.5) is 0 Å². The van der Waals surface area contributed by atoms with Crippen LogP contribution in [0.15, 0.2) is 0 Å². The molecule has 3 aliphatic heterocycles. The van der Waals surface area contributed by atoms with Crippen molar-refractivity contribution in [3.05, 3.63) is 0 Å². The van der Waals surface area contributed by atoms with Gasteiger partial charge in [0.25, 0.3) is 0 Å². The molecule has 148 valence electrons. The van der Waals surface area contributed by atoms with Gasteiger partial charge in [0.15, 0.2) is 0 Å². The molecule has 3 rings (SSSR count). The summed E-state index contributed by atoms with van der Waals surface area (Å²) in [7, 11) is -0.711. The van der Waals surface area contributed by atoms with Crippen molar-refractivity contribution in [2.45, 2.75) is 18.6 Å². The Morgan fingerprint density at radius 2 is 1.76 bits per heavy atom. The molecule has 3 saturated heterocycles. The van der Waals surface area contributed by atoms with Crippen molar-refractivity contribution in [1.82, 2.24) is 4.90 Å². The van der Waals surface area contributed by atoms with E-state index < -0.39 is 17.6 Å². The molecule has 0 amide bonds. The summed E-state index contributed by atoms with van der Waals surface area (Å²) in [6, 6.07) is 0.690. The lowest BCUT2D eigenvalue weighted by Gasteiger charge is -2.40. The smallest absolute Gasteiger partial charge is 0.392 e. The first kappa shape index (κ1) is 21.4. The summed E-state index contributed by atoms with van der Waals surface area (Å²) >= 11 is 0. The predicted octanol–water partition coefficient (Wildman–Crippen LogP) is -0.511. The standard InChI is InChI=1S/C14H31NO8Si2/c1-17-24(18-2,19-3)10-4-7-20-12-14-11-15-5-8-21-25(13-16,23-14)22-9-6-15/h14,16H,4-13H2,1-3H3. The van der Waals surface area contributed by atoms with E-state index in [0.717, 1.165) is 26.1 Å². The van der Waals surface area contributed by atoms with Gasteiger partial charge in [-0.2, -0.15) is 0 Å². The molecule has 9 nitrogen and oxygen atoms in total. The molecule has 0 spiro atoms. The van der Waals surface area contributed by atoms with Gasteiger partial charge in [0.1, 0.15) is 6.23 Å². The van der Waals surface area contributed by atoms with Crippen molar-refractivity contribution in [2.75, 3.05) is 73.6 Å². The summed E-state index contributed by atoms with van der Waals surface area (Å²) in [6.07, 6.45) is 0.398. The minimum absolute atomic E-state index is 0.173. The third-order valence-electron chi connectivity index (χ3n) is 4.47. The molecule has 3 fully saturated rings. The second kappa shape index (κ2) is 10.4. The number of aliphatic hydroxyl groups excluding tert-OH is 1. The Morgan fingerprint density at radius 1 is 1.12 bits per heavy atom. The average Bonchev–Trinajstić information content (AvgIpc) is 2.59. The van der Waals surface area contributed by atoms with E-state index in [4.69, 9.17) is 31.3 Å². The lowest BCUT2D eigenvalue weighted by molar-refractivity contribution is -0.0731. The van der Waals surface area contributed by atoms with Crippen LogP contribution in [0, 0.1) is 0 Å². The lowest BCUT2D eigenvalue weighted by atomic mass is 10.3. The molecular weight excluding hydrogens is 366 g/mol. The summed E-state index contributed by atoms with van der Waals surface area (Å²) in [4.78, 5) is 2.24. The highest BCUT2D eigenvalue weighted by molar-refractivity contribution is 6.60. The lowest BCUT2D eigenvalue weighted by Crippen LogP contribution is -2.60. The Hall–Kier alpha value is 0.0738. The van der Waals surface area contributed by atoms with Crippen LogP contribution in [-0.2, 0) is 31.3 Å². The first-order chi connectivity index (χ1) is 12.1. The molecule has 1 unspecified atom stereocenters. The fourth-order valence-electron chi connectivity index (χ4n) is 3.02. The van der Waals surface area contributed by atoms with E-state index in [-0.39, 0.29) is 12.3 Å². The van der Waals surface area contributed by atoms with Gasteiger partial charge >= 0.3 is 17.6 Å². The zero-order valence-electron chi connectivity index (χ0n) is 15.4. The summed E-state index contributed by atoms with van der Waals surface area (Å²) in [5.74, 6) is 0. The van der Waals surface area contributed by atoms with Gasteiger partial charge in [-0.05, 0) is 6.42 Å². The van der Waals surface area contributed by atoms with Crippen LogP contribution in [0.25, 0.3) is 0 Å². The van der Waals surface area contributed by atoms with Gasteiger partial charge in [-0.3, -0.25) is 4.90 Å². The van der Waals surface area contributed by atoms with Crippen molar-refractivity contribution in [2.24, 2.45) is 0 Å². The van der Waals surface area contributed by atoms with Gasteiger partial charge in [0.2, 0.25) is 0 Å². The third kappa shape index (κ3) is 6.04. The molecule has 0 aromatic rings. The molecule has 0 saturated carbocycles. The highest BCUT2D eigenvalue weighted by Gasteiger charge is 2.46. The van der Waals surface area contributed by atoms with Crippen LogP contribution in [-0.4, -0.2) is 107 Å². The topological polar surface area (TPSA) is 88.1 Å². The normalized spacial score (nSPS) is 30.7. The zero-order valence-corrected chi connectivity index (χ0v) is 17.4. The fourth-order valence-corrected chi connectivity index (χ4v) is 6.64. The van der Waals surface area contributed by atoms with Crippen molar-refractivity contribution in [1.29, 1.82) is 0 Å². The predicted molar refractivity (Wildman–Crippen MR) is 93.1 cm³/mol. The van der Waals surface area contributed by atoms with Crippen molar-refractivity contribution in [3.8, 4) is 0 Å². The SMILES string of the molecule is CO[Si](CCCOCC1CN2CCO[Si](CO)(OCC2)O1)(OC)OC. The Bertz CT molecular complexity index is 370. The summed E-state index contributed by atoms with van der Waals surface area (Å²) < 4.78 is 39.5. The minimum Gasteiger partial charge on any atom is -0.392 e. The van der Waals surface area contributed by atoms with E-state index in [1.165, 1.54) is 0 Å². The van der Waals surface area contributed by atoms with Crippen LogP contribution in [0.2, 0.25) is 6.04 Å². The van der Waals surface area contributed by atoms with Crippen LogP contribution in [0.5, 0.6) is 0 Å². The molecule has 11 heteroatoms. The van der Waals surface area contributed by atoms with Gasteiger partial charge in [-0.15, -0.1) is 0 Å². The molecule has 2 bridgehead atoms. The quantitative estimate of drug-likeness (QED) is 0.387. The van der Waals surface area contributed by atoms with Crippen LogP contribution in [0.1, 0.15) is 6.42 Å². The summed E-state index contributed by atoms with van der Waals surface area (Å²) in [6.45, 7) is 4.44. The molecule has 0 aromatic heterocycles. The van der Waals surface area contributed by atoms with Crippen LogP contribution < -0.4 is 0 Å². The van der Waals surface area contributed by atoms with Gasteiger partial charge in [0.05, 0.1) is 25.9 Å². The number of hydrogen-bond acceptors (Lipinski definition) is 9. The maximum atomic E-state index is 9.70.